The van der Waals surface area contributed by atoms with Gasteiger partial charge in [0.1, 0.15) is 11.4 Å². The van der Waals surface area contributed by atoms with Crippen LogP contribution in [0.4, 0.5) is 5.69 Å². The summed E-state index contributed by atoms with van der Waals surface area (Å²) in [5, 5.41) is 3.29. The van der Waals surface area contributed by atoms with Gasteiger partial charge in [-0.3, -0.25) is 4.98 Å². The summed E-state index contributed by atoms with van der Waals surface area (Å²) >= 11 is 3.45. The van der Waals surface area contributed by atoms with E-state index < -0.39 is 0 Å². The summed E-state index contributed by atoms with van der Waals surface area (Å²) in [7, 11) is 4.84. The Kier molecular flexibility index (Phi) is 5.27. The number of aromatic nitrogens is 1. The van der Waals surface area contributed by atoms with Gasteiger partial charge in [0, 0.05) is 28.5 Å². The molecule has 21 heavy (non-hydrogen) atoms. The van der Waals surface area contributed by atoms with Crippen molar-refractivity contribution < 1.29 is 14.2 Å². The van der Waals surface area contributed by atoms with Gasteiger partial charge in [-0.1, -0.05) is 15.9 Å². The van der Waals surface area contributed by atoms with Crippen LogP contribution in [0, 0.1) is 0 Å². The molecule has 0 atom stereocenters. The molecule has 0 saturated heterocycles. The van der Waals surface area contributed by atoms with Crippen molar-refractivity contribution >= 4 is 21.6 Å². The molecule has 2 rings (SSSR count). The lowest BCUT2D eigenvalue weighted by Crippen LogP contribution is -2.05. The van der Waals surface area contributed by atoms with Gasteiger partial charge in [-0.05, 0) is 12.1 Å². The van der Waals surface area contributed by atoms with E-state index in [0.29, 0.717) is 18.0 Å². The second-order valence-corrected chi connectivity index (χ2v) is 5.14. The van der Waals surface area contributed by atoms with Gasteiger partial charge < -0.3 is 19.5 Å². The number of rotatable bonds is 6. The molecule has 1 aromatic heterocycles. The normalized spacial score (nSPS) is 10.1. The fourth-order valence-electron chi connectivity index (χ4n) is 1.94. The molecule has 0 saturated carbocycles. The predicted octanol–water partition coefficient (Wildman–Crippen LogP) is 3.48. The zero-order valence-corrected chi connectivity index (χ0v) is 13.7. The van der Waals surface area contributed by atoms with Crippen molar-refractivity contribution in [2.45, 2.75) is 6.54 Å². The minimum absolute atomic E-state index is 0.514. The minimum atomic E-state index is 0.514. The second-order valence-electron chi connectivity index (χ2n) is 4.23. The van der Waals surface area contributed by atoms with Gasteiger partial charge in [-0.2, -0.15) is 0 Å². The Bertz CT molecular complexity index is 620. The van der Waals surface area contributed by atoms with E-state index in [-0.39, 0.29) is 0 Å². The van der Waals surface area contributed by atoms with E-state index in [1.807, 2.05) is 18.2 Å². The van der Waals surface area contributed by atoms with Gasteiger partial charge in [0.05, 0.1) is 27.9 Å². The molecule has 0 bridgehead atoms. The average Bonchev–Trinajstić information content (AvgIpc) is 2.51. The molecule has 5 nitrogen and oxygen atoms in total. The third-order valence-corrected chi connectivity index (χ3v) is 3.39. The number of pyridine rings is 1. The highest BCUT2D eigenvalue weighted by molar-refractivity contribution is 9.10. The molecule has 0 aliphatic heterocycles. The molecule has 1 aromatic carbocycles. The van der Waals surface area contributed by atoms with E-state index in [9.17, 15) is 0 Å². The Balaban J connectivity index is 2.18. The summed E-state index contributed by atoms with van der Waals surface area (Å²) in [6.07, 6.45) is 1.69. The van der Waals surface area contributed by atoms with Crippen molar-refractivity contribution in [3.63, 3.8) is 0 Å². The first-order chi connectivity index (χ1) is 10.2. The second kappa shape index (κ2) is 7.17. The zero-order chi connectivity index (χ0) is 15.2. The third-order valence-electron chi connectivity index (χ3n) is 2.93. The molecular weight excluding hydrogens is 336 g/mol. The largest absolute Gasteiger partial charge is 0.497 e. The summed E-state index contributed by atoms with van der Waals surface area (Å²) in [6, 6.07) is 7.55. The fourth-order valence-corrected chi connectivity index (χ4v) is 2.42. The van der Waals surface area contributed by atoms with Gasteiger partial charge in [0.25, 0.3) is 0 Å². The molecule has 0 unspecified atom stereocenters. The molecule has 2 aromatic rings. The monoisotopic (exact) mass is 352 g/mol. The summed E-state index contributed by atoms with van der Waals surface area (Å²) in [6.45, 7) is 0.514. The van der Waals surface area contributed by atoms with Crippen molar-refractivity contribution in [1.82, 2.24) is 4.98 Å². The molecule has 0 spiro atoms. The number of anilines is 1. The zero-order valence-electron chi connectivity index (χ0n) is 12.1. The number of benzene rings is 1. The number of methoxy groups -OCH3 is 3. The van der Waals surface area contributed by atoms with Crippen LogP contribution in [0.25, 0.3) is 0 Å². The third kappa shape index (κ3) is 3.78. The molecule has 112 valence electrons. The van der Waals surface area contributed by atoms with Crippen LogP contribution in [0.3, 0.4) is 0 Å². The maximum absolute atomic E-state index is 5.36. The lowest BCUT2D eigenvalue weighted by molar-refractivity contribution is 0.350. The Labute approximate surface area is 132 Å². The van der Waals surface area contributed by atoms with Crippen molar-refractivity contribution in [1.29, 1.82) is 0 Å². The highest BCUT2D eigenvalue weighted by Gasteiger charge is 2.11. The van der Waals surface area contributed by atoms with Gasteiger partial charge in [0.15, 0.2) is 11.5 Å². The maximum atomic E-state index is 5.36. The van der Waals surface area contributed by atoms with Crippen LogP contribution >= 0.6 is 15.9 Å². The fraction of sp³-hybridized carbons (Fsp3) is 0.267. The van der Waals surface area contributed by atoms with Crippen molar-refractivity contribution in [3.8, 4) is 17.2 Å². The maximum Gasteiger partial charge on any atom is 0.184 e. The average molecular weight is 353 g/mol. The first kappa shape index (κ1) is 15.4. The molecule has 0 aliphatic rings. The molecule has 0 aliphatic carbocycles. The lowest BCUT2D eigenvalue weighted by atomic mass is 10.2. The van der Waals surface area contributed by atoms with Gasteiger partial charge in [-0.15, -0.1) is 0 Å². The number of hydrogen-bond donors (Lipinski definition) is 1. The van der Waals surface area contributed by atoms with Crippen LogP contribution in [0.2, 0.25) is 0 Å². The smallest absolute Gasteiger partial charge is 0.184 e. The van der Waals surface area contributed by atoms with E-state index in [1.54, 1.807) is 33.6 Å². The standard InChI is InChI=1S/C15H17BrN2O3/c1-19-12-7-10(16)6-11(8-12)18-9-13-15(21-3)14(20-2)4-5-17-13/h4-8,18H,9H2,1-3H3. The number of nitrogens with one attached hydrogen (secondary N) is 1. The quantitative estimate of drug-likeness (QED) is 0.862. The molecule has 6 heteroatoms. The Morgan fingerprint density at radius 3 is 2.57 bits per heavy atom. The van der Waals surface area contributed by atoms with E-state index in [1.165, 1.54) is 0 Å². The lowest BCUT2D eigenvalue weighted by Gasteiger charge is -2.13. The SMILES string of the molecule is COc1cc(Br)cc(NCc2nccc(OC)c2OC)c1. The Morgan fingerprint density at radius 1 is 1.10 bits per heavy atom. The number of hydrogen-bond acceptors (Lipinski definition) is 5. The van der Waals surface area contributed by atoms with Crippen molar-refractivity contribution in [3.05, 3.63) is 40.6 Å². The van der Waals surface area contributed by atoms with Crippen LogP contribution in [-0.4, -0.2) is 26.3 Å². The summed E-state index contributed by atoms with van der Waals surface area (Å²) in [5.41, 5.74) is 1.70. The first-order valence-corrected chi connectivity index (χ1v) is 7.11. The first-order valence-electron chi connectivity index (χ1n) is 6.32. The van der Waals surface area contributed by atoms with Gasteiger partial charge in [-0.25, -0.2) is 0 Å². The summed E-state index contributed by atoms with van der Waals surface area (Å²) in [5.74, 6) is 2.07. The molecule has 0 fully saturated rings. The number of nitrogens with zero attached hydrogens (tertiary/aromatic N) is 1. The highest BCUT2D eigenvalue weighted by atomic mass is 79.9. The molecule has 1 heterocycles. The summed E-state index contributed by atoms with van der Waals surface area (Å²) < 4.78 is 16.8. The van der Waals surface area contributed by atoms with Crippen LogP contribution in [0.15, 0.2) is 34.9 Å². The van der Waals surface area contributed by atoms with E-state index in [4.69, 9.17) is 14.2 Å². The van der Waals surface area contributed by atoms with E-state index in [2.05, 4.69) is 26.2 Å². The molecule has 1 N–H and O–H groups in total. The Hall–Kier alpha value is -1.95. The molecule has 0 radical (unpaired) electrons. The van der Waals surface area contributed by atoms with Crippen LogP contribution in [0.1, 0.15) is 5.69 Å². The highest BCUT2D eigenvalue weighted by Crippen LogP contribution is 2.30. The molecule has 0 amide bonds. The van der Waals surface area contributed by atoms with Crippen LogP contribution < -0.4 is 19.5 Å². The minimum Gasteiger partial charge on any atom is -0.497 e. The van der Waals surface area contributed by atoms with Crippen LogP contribution in [0.5, 0.6) is 17.2 Å². The Morgan fingerprint density at radius 2 is 1.90 bits per heavy atom. The van der Waals surface area contributed by atoms with Gasteiger partial charge >= 0.3 is 0 Å². The summed E-state index contributed by atoms with van der Waals surface area (Å²) in [4.78, 5) is 4.33. The number of halogens is 1. The molecular formula is C15H17BrN2O3. The topological polar surface area (TPSA) is 52.6 Å². The van der Waals surface area contributed by atoms with Crippen molar-refractivity contribution in [2.75, 3.05) is 26.6 Å². The van der Waals surface area contributed by atoms with Gasteiger partial charge in [0.2, 0.25) is 0 Å². The van der Waals surface area contributed by atoms with E-state index in [0.717, 1.165) is 21.6 Å². The van der Waals surface area contributed by atoms with Crippen molar-refractivity contribution in [2.24, 2.45) is 0 Å². The predicted molar refractivity (Wildman–Crippen MR) is 85.4 cm³/mol. The van der Waals surface area contributed by atoms with Crippen LogP contribution in [-0.2, 0) is 6.54 Å². The van der Waals surface area contributed by atoms with E-state index >= 15 is 0 Å². The number of ether oxygens (including phenoxy) is 3.